The second kappa shape index (κ2) is 5.67. The summed E-state index contributed by atoms with van der Waals surface area (Å²) in [6.07, 6.45) is 3.06. The molecule has 3 N–H and O–H groups in total. The number of nitrogens with one attached hydrogen (secondary N) is 1. The number of pyridine rings is 1. The van der Waals surface area contributed by atoms with Crippen LogP contribution in [0.2, 0.25) is 0 Å². The zero-order valence-electron chi connectivity index (χ0n) is 14.2. The molecule has 0 bridgehead atoms. The van der Waals surface area contributed by atoms with Gasteiger partial charge in [0.05, 0.1) is 5.60 Å². The van der Waals surface area contributed by atoms with Crippen LogP contribution in [0.4, 0.5) is 5.82 Å². The number of aromatic hydroxyl groups is 1. The number of aromatic nitrogens is 3. The SMILES string of the molecule is Cc1ccc(-c2nnc(NC3CC(C)(O)C3)c3cccnc23)c(O)c1. The van der Waals surface area contributed by atoms with E-state index in [0.29, 0.717) is 35.4 Å². The second-order valence-corrected chi connectivity index (χ2v) is 7.06. The predicted molar refractivity (Wildman–Crippen MR) is 96.4 cm³/mol. The van der Waals surface area contributed by atoms with Crippen LogP contribution in [0.15, 0.2) is 36.5 Å². The third kappa shape index (κ3) is 2.89. The van der Waals surface area contributed by atoms with E-state index in [4.69, 9.17) is 0 Å². The summed E-state index contributed by atoms with van der Waals surface area (Å²) in [4.78, 5) is 4.46. The number of fused-ring (bicyclic) bond motifs is 1. The average molecular weight is 336 g/mol. The summed E-state index contributed by atoms with van der Waals surface area (Å²) in [5.41, 5.74) is 2.22. The van der Waals surface area contributed by atoms with Gasteiger partial charge in [0.1, 0.15) is 17.0 Å². The summed E-state index contributed by atoms with van der Waals surface area (Å²) >= 11 is 0. The van der Waals surface area contributed by atoms with E-state index in [9.17, 15) is 10.2 Å². The van der Waals surface area contributed by atoms with Crippen LogP contribution in [0, 0.1) is 6.92 Å². The van der Waals surface area contributed by atoms with E-state index in [-0.39, 0.29) is 11.8 Å². The fourth-order valence-electron chi connectivity index (χ4n) is 3.41. The van der Waals surface area contributed by atoms with Crippen molar-refractivity contribution in [1.82, 2.24) is 15.2 Å². The van der Waals surface area contributed by atoms with Crippen molar-refractivity contribution < 1.29 is 10.2 Å². The van der Waals surface area contributed by atoms with E-state index in [0.717, 1.165) is 10.9 Å². The van der Waals surface area contributed by atoms with Crippen molar-refractivity contribution in [2.75, 3.05) is 5.32 Å². The fraction of sp³-hybridized carbons (Fsp3) is 0.316. The first-order chi connectivity index (χ1) is 11.9. The molecule has 3 aromatic rings. The third-order valence-electron chi connectivity index (χ3n) is 4.66. The molecule has 0 unspecified atom stereocenters. The molecular weight excluding hydrogens is 316 g/mol. The van der Waals surface area contributed by atoms with Gasteiger partial charge in [-0.2, -0.15) is 0 Å². The molecule has 0 atom stereocenters. The normalized spacial score (nSPS) is 22.6. The molecule has 0 amide bonds. The van der Waals surface area contributed by atoms with E-state index < -0.39 is 5.60 Å². The molecule has 0 spiro atoms. The Labute approximate surface area is 145 Å². The van der Waals surface area contributed by atoms with E-state index >= 15 is 0 Å². The highest BCUT2D eigenvalue weighted by Crippen LogP contribution is 2.37. The molecule has 1 saturated carbocycles. The molecule has 1 aliphatic rings. The van der Waals surface area contributed by atoms with E-state index in [1.165, 1.54) is 0 Å². The summed E-state index contributed by atoms with van der Waals surface area (Å²) in [5.74, 6) is 0.816. The molecule has 6 heteroatoms. The number of aryl methyl sites for hydroxylation is 1. The molecular formula is C19H20N4O2. The Hall–Kier alpha value is -2.73. The van der Waals surface area contributed by atoms with Crippen molar-refractivity contribution >= 4 is 16.7 Å². The van der Waals surface area contributed by atoms with Gasteiger partial charge in [-0.05, 0) is 56.5 Å². The van der Waals surface area contributed by atoms with Crippen molar-refractivity contribution in [2.24, 2.45) is 0 Å². The lowest BCUT2D eigenvalue weighted by Gasteiger charge is -2.41. The van der Waals surface area contributed by atoms with Gasteiger partial charge >= 0.3 is 0 Å². The van der Waals surface area contributed by atoms with Gasteiger partial charge in [-0.3, -0.25) is 4.98 Å². The molecule has 6 nitrogen and oxygen atoms in total. The number of hydrogen-bond donors (Lipinski definition) is 3. The number of nitrogens with zero attached hydrogens (tertiary/aromatic N) is 3. The van der Waals surface area contributed by atoms with Crippen molar-refractivity contribution in [3.05, 3.63) is 42.1 Å². The largest absolute Gasteiger partial charge is 0.507 e. The maximum atomic E-state index is 10.3. The lowest BCUT2D eigenvalue weighted by molar-refractivity contribution is -0.0235. The maximum Gasteiger partial charge on any atom is 0.158 e. The van der Waals surface area contributed by atoms with Crippen LogP contribution >= 0.6 is 0 Å². The predicted octanol–water partition coefficient (Wildman–Crippen LogP) is 3.03. The molecule has 1 aliphatic carbocycles. The van der Waals surface area contributed by atoms with Crippen LogP contribution in [0.1, 0.15) is 25.3 Å². The van der Waals surface area contributed by atoms with Gasteiger partial charge in [0.25, 0.3) is 0 Å². The molecule has 0 saturated heterocycles. The minimum Gasteiger partial charge on any atom is -0.507 e. The first-order valence-corrected chi connectivity index (χ1v) is 8.33. The van der Waals surface area contributed by atoms with Gasteiger partial charge in [0.15, 0.2) is 5.82 Å². The zero-order valence-corrected chi connectivity index (χ0v) is 14.2. The Morgan fingerprint density at radius 1 is 1.20 bits per heavy atom. The fourth-order valence-corrected chi connectivity index (χ4v) is 3.41. The molecule has 2 heterocycles. The van der Waals surface area contributed by atoms with E-state index in [1.807, 2.05) is 38.1 Å². The lowest BCUT2D eigenvalue weighted by Crippen LogP contribution is -2.48. The number of anilines is 1. The summed E-state index contributed by atoms with van der Waals surface area (Å²) in [6.45, 7) is 3.76. The number of rotatable bonds is 3. The summed E-state index contributed by atoms with van der Waals surface area (Å²) in [5, 5.41) is 33.0. The van der Waals surface area contributed by atoms with Gasteiger partial charge in [-0.25, -0.2) is 0 Å². The maximum absolute atomic E-state index is 10.3. The minimum absolute atomic E-state index is 0.164. The second-order valence-electron chi connectivity index (χ2n) is 7.06. The Bertz CT molecular complexity index is 947. The molecule has 4 rings (SSSR count). The van der Waals surface area contributed by atoms with Crippen LogP contribution in [-0.2, 0) is 0 Å². The molecule has 0 radical (unpaired) electrons. The minimum atomic E-state index is -0.604. The van der Waals surface area contributed by atoms with Gasteiger partial charge in [0, 0.05) is 23.2 Å². The number of phenolic OH excluding ortho intramolecular Hbond substituents is 1. The number of aliphatic hydroxyl groups is 1. The highest BCUT2D eigenvalue weighted by atomic mass is 16.3. The molecule has 0 aliphatic heterocycles. The smallest absolute Gasteiger partial charge is 0.158 e. The highest BCUT2D eigenvalue weighted by molar-refractivity contribution is 5.98. The molecule has 2 aromatic heterocycles. The number of phenols is 1. The Morgan fingerprint density at radius 2 is 2.00 bits per heavy atom. The van der Waals surface area contributed by atoms with Crippen LogP contribution in [0.3, 0.4) is 0 Å². The number of benzene rings is 1. The molecule has 25 heavy (non-hydrogen) atoms. The van der Waals surface area contributed by atoms with Crippen LogP contribution in [0.5, 0.6) is 5.75 Å². The highest BCUT2D eigenvalue weighted by Gasteiger charge is 2.38. The average Bonchev–Trinajstić information content (AvgIpc) is 2.54. The van der Waals surface area contributed by atoms with Gasteiger partial charge in [0.2, 0.25) is 0 Å². The first-order valence-electron chi connectivity index (χ1n) is 8.33. The molecule has 1 aromatic carbocycles. The summed E-state index contributed by atoms with van der Waals surface area (Å²) in [6, 6.07) is 9.42. The lowest BCUT2D eigenvalue weighted by atomic mass is 9.77. The van der Waals surface area contributed by atoms with Crippen molar-refractivity contribution in [1.29, 1.82) is 0 Å². The van der Waals surface area contributed by atoms with Crippen LogP contribution in [0.25, 0.3) is 22.2 Å². The Kier molecular flexibility index (Phi) is 3.58. The Balaban J connectivity index is 1.77. The van der Waals surface area contributed by atoms with E-state index in [1.54, 1.807) is 12.3 Å². The van der Waals surface area contributed by atoms with Gasteiger partial charge in [-0.1, -0.05) is 6.07 Å². The quantitative estimate of drug-likeness (QED) is 0.681. The standard InChI is InChI=1S/C19H20N4O2/c1-11-5-6-13(15(24)8-11)17-16-14(4-3-7-20-16)18(23-22-17)21-12-9-19(2,25)10-12/h3-8,12,24-25H,9-10H2,1-2H3,(H,21,23). The topological polar surface area (TPSA) is 91.2 Å². The monoisotopic (exact) mass is 336 g/mol. The Morgan fingerprint density at radius 3 is 2.72 bits per heavy atom. The summed E-state index contributed by atoms with van der Waals surface area (Å²) in [7, 11) is 0. The summed E-state index contributed by atoms with van der Waals surface area (Å²) < 4.78 is 0. The number of hydrogen-bond acceptors (Lipinski definition) is 6. The molecule has 128 valence electrons. The van der Waals surface area contributed by atoms with Crippen molar-refractivity contribution in [3.8, 4) is 17.0 Å². The van der Waals surface area contributed by atoms with Crippen molar-refractivity contribution in [3.63, 3.8) is 0 Å². The first kappa shape index (κ1) is 15.8. The molecule has 1 fully saturated rings. The van der Waals surface area contributed by atoms with E-state index in [2.05, 4.69) is 20.5 Å². The zero-order chi connectivity index (χ0) is 17.6. The van der Waals surface area contributed by atoms with Crippen LogP contribution in [-0.4, -0.2) is 37.0 Å². The van der Waals surface area contributed by atoms with Gasteiger partial charge < -0.3 is 15.5 Å². The van der Waals surface area contributed by atoms with Gasteiger partial charge in [-0.15, -0.1) is 10.2 Å². The van der Waals surface area contributed by atoms with Crippen LogP contribution < -0.4 is 5.32 Å². The third-order valence-corrected chi connectivity index (χ3v) is 4.66. The van der Waals surface area contributed by atoms with Crippen molar-refractivity contribution in [2.45, 2.75) is 38.3 Å².